The summed E-state index contributed by atoms with van der Waals surface area (Å²) < 4.78 is 28.0. The summed E-state index contributed by atoms with van der Waals surface area (Å²) in [5, 5.41) is 12.3. The number of piperazine rings is 1. The minimum atomic E-state index is -1.33. The van der Waals surface area contributed by atoms with E-state index in [1.54, 1.807) is 15.5 Å². The molecular weight excluding hydrogens is 595 g/mol. The number of nitrogens with one attached hydrogen (secondary N) is 1. The van der Waals surface area contributed by atoms with Gasteiger partial charge < -0.3 is 34.3 Å². The number of carboxylic acids is 1. The van der Waals surface area contributed by atoms with Crippen molar-refractivity contribution in [3.8, 4) is 0 Å². The second-order valence-electron chi connectivity index (χ2n) is 11.2. The van der Waals surface area contributed by atoms with E-state index in [4.69, 9.17) is 21.1 Å². The van der Waals surface area contributed by atoms with Crippen LogP contribution in [0.3, 0.4) is 0 Å². The van der Waals surface area contributed by atoms with E-state index in [1.807, 2.05) is 4.90 Å². The summed E-state index contributed by atoms with van der Waals surface area (Å²) in [6, 6.07) is 2.82. The van der Waals surface area contributed by atoms with Gasteiger partial charge in [0.2, 0.25) is 17.2 Å². The number of halogens is 2. The van der Waals surface area contributed by atoms with Gasteiger partial charge in [0, 0.05) is 75.7 Å². The van der Waals surface area contributed by atoms with Crippen LogP contribution in [-0.2, 0) is 19.1 Å². The highest BCUT2D eigenvalue weighted by atomic mass is 35.5. The molecule has 1 aliphatic heterocycles. The number of hydrogen-bond donors (Lipinski definition) is 2. The van der Waals surface area contributed by atoms with Gasteiger partial charge in [0.25, 0.3) is 0 Å². The quantitative estimate of drug-likeness (QED) is 0.188. The molecule has 44 heavy (non-hydrogen) atoms. The van der Waals surface area contributed by atoms with E-state index < -0.39 is 17.2 Å². The van der Waals surface area contributed by atoms with Gasteiger partial charge in [-0.15, -0.1) is 11.6 Å². The molecule has 2 aliphatic rings. The Morgan fingerprint density at radius 3 is 2.34 bits per heavy atom. The van der Waals surface area contributed by atoms with Crippen molar-refractivity contribution in [2.45, 2.75) is 57.4 Å². The Balaban J connectivity index is 1.16. The standard InChI is InChI=1S/C31H42ClFN4O7/c32-9-3-1-2-4-15-43-17-18-44-16-10-34-28(38)7-8-29(39)36-13-11-35(12-14-36)27-20-26-23(19-25(27)33)30(40)24(31(41)42)21-37(26)22-5-6-22/h19-22H,1-18H2,(H,34,38)(H,41,42). The maximum Gasteiger partial charge on any atom is 0.341 e. The lowest BCUT2D eigenvalue weighted by atomic mass is 10.1. The molecule has 242 valence electrons. The largest absolute Gasteiger partial charge is 0.477 e. The number of carboxylic acid groups (broad SMARTS) is 1. The van der Waals surface area contributed by atoms with Gasteiger partial charge in [-0.1, -0.05) is 12.8 Å². The normalized spacial score (nSPS) is 15.1. The van der Waals surface area contributed by atoms with Crippen LogP contribution in [0.1, 0.15) is 67.8 Å². The highest BCUT2D eigenvalue weighted by molar-refractivity contribution is 6.17. The Kier molecular flexibility index (Phi) is 12.8. The van der Waals surface area contributed by atoms with E-state index in [0.717, 1.165) is 44.6 Å². The van der Waals surface area contributed by atoms with Crippen LogP contribution in [0.5, 0.6) is 0 Å². The number of unbranched alkanes of at least 4 members (excludes halogenated alkanes) is 3. The zero-order chi connectivity index (χ0) is 31.5. The molecule has 0 atom stereocenters. The number of fused-ring (bicyclic) bond motifs is 1. The van der Waals surface area contributed by atoms with E-state index >= 15 is 4.39 Å². The number of pyridine rings is 1. The molecule has 2 heterocycles. The van der Waals surface area contributed by atoms with Crippen LogP contribution in [0.25, 0.3) is 10.9 Å². The van der Waals surface area contributed by atoms with Crippen LogP contribution < -0.4 is 15.6 Å². The fraction of sp³-hybridized carbons (Fsp3) is 0.613. The Labute approximate surface area is 261 Å². The molecular formula is C31H42ClFN4O7. The summed E-state index contributed by atoms with van der Waals surface area (Å²) in [5.74, 6) is -1.61. The number of aromatic carboxylic acids is 1. The smallest absolute Gasteiger partial charge is 0.341 e. The van der Waals surface area contributed by atoms with Gasteiger partial charge in [0.05, 0.1) is 31.0 Å². The fourth-order valence-corrected chi connectivity index (χ4v) is 5.50. The van der Waals surface area contributed by atoms with Gasteiger partial charge in [0.15, 0.2) is 0 Å². The van der Waals surface area contributed by atoms with Gasteiger partial charge in [0.1, 0.15) is 11.4 Å². The summed E-state index contributed by atoms with van der Waals surface area (Å²) in [5.41, 5.74) is -0.251. The first kappa shape index (κ1) is 33.7. The van der Waals surface area contributed by atoms with Crippen molar-refractivity contribution in [3.63, 3.8) is 0 Å². The third-order valence-corrected chi connectivity index (χ3v) is 8.19. The monoisotopic (exact) mass is 636 g/mol. The number of amides is 2. The molecule has 13 heteroatoms. The zero-order valence-corrected chi connectivity index (χ0v) is 25.8. The van der Waals surface area contributed by atoms with Gasteiger partial charge in [-0.25, -0.2) is 9.18 Å². The van der Waals surface area contributed by atoms with Crippen LogP contribution in [0.15, 0.2) is 23.1 Å². The number of alkyl halides is 1. The first-order chi connectivity index (χ1) is 21.3. The van der Waals surface area contributed by atoms with Gasteiger partial charge in [-0.05, 0) is 37.8 Å². The number of nitrogens with zero attached hydrogens (tertiary/aromatic N) is 3. The summed E-state index contributed by atoms with van der Waals surface area (Å²) in [7, 11) is 0. The number of carbonyl (C=O) groups is 3. The molecule has 1 saturated carbocycles. The van der Waals surface area contributed by atoms with Crippen LogP contribution in [0.4, 0.5) is 10.1 Å². The maximum absolute atomic E-state index is 15.2. The molecule has 0 unspecified atom stereocenters. The second-order valence-corrected chi connectivity index (χ2v) is 11.6. The highest BCUT2D eigenvalue weighted by Gasteiger charge is 2.29. The van der Waals surface area contributed by atoms with Gasteiger partial charge in [-0.2, -0.15) is 0 Å². The first-order valence-electron chi connectivity index (χ1n) is 15.4. The summed E-state index contributed by atoms with van der Waals surface area (Å²) in [6.07, 6.45) is 7.50. The maximum atomic E-state index is 15.2. The number of hydrogen-bond acceptors (Lipinski definition) is 7. The average Bonchev–Trinajstić information content (AvgIpc) is 3.86. The SMILES string of the molecule is O=C(CCC(=O)N1CCN(c2cc3c(cc2F)c(=O)c(C(=O)O)cn3C2CC2)CC1)NCCOCCOCCCCCCCl. The van der Waals surface area contributed by atoms with Crippen molar-refractivity contribution < 1.29 is 33.4 Å². The number of benzene rings is 1. The molecule has 2 fully saturated rings. The molecule has 1 aromatic carbocycles. The van der Waals surface area contributed by atoms with Crippen LogP contribution in [0, 0.1) is 5.82 Å². The van der Waals surface area contributed by atoms with Crippen LogP contribution >= 0.6 is 11.6 Å². The van der Waals surface area contributed by atoms with Crippen molar-refractivity contribution in [3.05, 3.63) is 39.9 Å². The molecule has 1 saturated heterocycles. The lowest BCUT2D eigenvalue weighted by Gasteiger charge is -2.36. The Morgan fingerprint density at radius 2 is 1.66 bits per heavy atom. The molecule has 0 radical (unpaired) electrons. The summed E-state index contributed by atoms with van der Waals surface area (Å²) in [4.78, 5) is 52.7. The molecule has 2 N–H and O–H groups in total. The minimum absolute atomic E-state index is 0.0471. The summed E-state index contributed by atoms with van der Waals surface area (Å²) >= 11 is 5.65. The minimum Gasteiger partial charge on any atom is -0.477 e. The van der Waals surface area contributed by atoms with Crippen molar-refractivity contribution in [2.24, 2.45) is 0 Å². The Bertz CT molecular complexity index is 1360. The number of ether oxygens (including phenoxy) is 2. The predicted molar refractivity (Wildman–Crippen MR) is 165 cm³/mol. The van der Waals surface area contributed by atoms with E-state index in [-0.39, 0.29) is 41.6 Å². The molecule has 2 aromatic rings. The highest BCUT2D eigenvalue weighted by Crippen LogP contribution is 2.38. The molecule has 1 aliphatic carbocycles. The predicted octanol–water partition coefficient (Wildman–Crippen LogP) is 3.55. The number of anilines is 1. The molecule has 1 aromatic heterocycles. The van der Waals surface area contributed by atoms with Crippen molar-refractivity contribution in [2.75, 3.05) is 69.9 Å². The van der Waals surface area contributed by atoms with Crippen molar-refractivity contribution in [1.29, 1.82) is 0 Å². The lowest BCUT2D eigenvalue weighted by Crippen LogP contribution is -2.49. The van der Waals surface area contributed by atoms with E-state index in [9.17, 15) is 24.3 Å². The number of carbonyl (C=O) groups excluding carboxylic acids is 2. The third-order valence-electron chi connectivity index (χ3n) is 7.92. The third kappa shape index (κ3) is 9.39. The van der Waals surface area contributed by atoms with E-state index in [1.165, 1.54) is 6.20 Å². The first-order valence-corrected chi connectivity index (χ1v) is 16.0. The Hall–Kier alpha value is -3.22. The molecule has 0 bridgehead atoms. The average molecular weight is 637 g/mol. The molecule has 4 rings (SSSR count). The number of aromatic nitrogens is 1. The lowest BCUT2D eigenvalue weighted by molar-refractivity contribution is -0.133. The van der Waals surface area contributed by atoms with E-state index in [2.05, 4.69) is 5.32 Å². The molecule has 0 spiro atoms. The topological polar surface area (TPSA) is 130 Å². The van der Waals surface area contributed by atoms with Gasteiger partial charge in [-0.3, -0.25) is 14.4 Å². The van der Waals surface area contributed by atoms with Crippen LogP contribution in [0.2, 0.25) is 0 Å². The van der Waals surface area contributed by atoms with E-state index in [0.29, 0.717) is 76.2 Å². The molecule has 11 nitrogen and oxygen atoms in total. The van der Waals surface area contributed by atoms with Crippen molar-refractivity contribution in [1.82, 2.24) is 14.8 Å². The van der Waals surface area contributed by atoms with Crippen molar-refractivity contribution >= 4 is 46.0 Å². The Morgan fingerprint density at radius 1 is 0.955 bits per heavy atom. The number of rotatable bonds is 18. The van der Waals surface area contributed by atoms with Gasteiger partial charge >= 0.3 is 5.97 Å². The fourth-order valence-electron chi connectivity index (χ4n) is 5.31. The molecule has 2 amide bonds. The second kappa shape index (κ2) is 16.7. The summed E-state index contributed by atoms with van der Waals surface area (Å²) in [6.45, 7) is 3.89. The van der Waals surface area contributed by atoms with Crippen LogP contribution in [-0.4, -0.2) is 97.4 Å². The zero-order valence-electron chi connectivity index (χ0n) is 25.0.